The Morgan fingerprint density at radius 2 is 2.00 bits per heavy atom. The lowest BCUT2D eigenvalue weighted by molar-refractivity contribution is -0.141. The molecule has 5 heterocycles. The normalized spacial score (nSPS) is 22.4. The third-order valence-corrected chi connectivity index (χ3v) is 7.79. The van der Waals surface area contributed by atoms with Gasteiger partial charge in [-0.15, -0.1) is 0 Å². The number of aromatic nitrogens is 5. The molecule has 3 atom stereocenters. The molecule has 0 aromatic carbocycles. The number of nitrogens with zero attached hydrogens (tertiary/aromatic N) is 6. The Hall–Kier alpha value is -4.00. The molecule has 1 aliphatic heterocycles. The number of hydrogen-bond donors (Lipinski definition) is 2. The maximum Gasteiger partial charge on any atom is 0.433 e. The molecule has 0 spiro atoms. The number of nitrogens with two attached hydrogens (primary N) is 1. The van der Waals surface area contributed by atoms with Crippen molar-refractivity contribution in [1.82, 2.24) is 29.4 Å². The highest BCUT2D eigenvalue weighted by molar-refractivity contribution is 6.29. The average molecular weight is 559 g/mol. The summed E-state index contributed by atoms with van der Waals surface area (Å²) in [5.74, 6) is -0.560. The summed E-state index contributed by atoms with van der Waals surface area (Å²) >= 11 is 5.94. The number of aryl methyl sites for hydroxylation is 1. The van der Waals surface area contributed by atoms with E-state index in [1.807, 2.05) is 6.92 Å². The van der Waals surface area contributed by atoms with E-state index in [0.29, 0.717) is 11.9 Å². The van der Waals surface area contributed by atoms with E-state index in [1.165, 1.54) is 17.8 Å². The Morgan fingerprint density at radius 1 is 1.23 bits per heavy atom. The molecule has 2 amide bonds. The van der Waals surface area contributed by atoms with Crippen molar-refractivity contribution in [3.05, 3.63) is 47.0 Å². The van der Waals surface area contributed by atoms with Crippen molar-refractivity contribution in [3.8, 4) is 0 Å². The Morgan fingerprint density at radius 3 is 2.72 bits per heavy atom. The molecule has 14 heteroatoms. The van der Waals surface area contributed by atoms with Crippen LogP contribution < -0.4 is 11.1 Å². The molecule has 202 valence electrons. The third kappa shape index (κ3) is 4.11. The van der Waals surface area contributed by atoms with Gasteiger partial charge in [-0.05, 0) is 48.9 Å². The van der Waals surface area contributed by atoms with Crippen LogP contribution in [-0.4, -0.2) is 53.3 Å². The fraction of sp³-hybridized carbons (Fsp3) is 0.360. The van der Waals surface area contributed by atoms with Gasteiger partial charge in [0.15, 0.2) is 0 Å². The zero-order valence-electron chi connectivity index (χ0n) is 20.8. The van der Waals surface area contributed by atoms with Gasteiger partial charge in [-0.2, -0.15) is 13.2 Å². The zero-order chi connectivity index (χ0) is 27.9. The first-order chi connectivity index (χ1) is 18.4. The number of pyridine rings is 2. The van der Waals surface area contributed by atoms with Gasteiger partial charge in [-0.25, -0.2) is 19.9 Å². The molecule has 10 nitrogen and oxygen atoms in total. The maximum absolute atomic E-state index is 13.8. The van der Waals surface area contributed by atoms with Crippen molar-refractivity contribution in [1.29, 1.82) is 0 Å². The summed E-state index contributed by atoms with van der Waals surface area (Å²) in [6, 6.07) is 4.85. The summed E-state index contributed by atoms with van der Waals surface area (Å²) in [6.45, 7) is 3.24. The number of halogens is 4. The van der Waals surface area contributed by atoms with E-state index in [4.69, 9.17) is 17.3 Å². The number of piperidine rings is 1. The number of hydrogen-bond acceptors (Lipinski definition) is 7. The van der Waals surface area contributed by atoms with Crippen molar-refractivity contribution in [2.24, 2.45) is 5.41 Å². The maximum atomic E-state index is 13.8. The number of nitrogen functional groups attached to an aromatic ring is 1. The number of fused-ring (bicyclic) bond motifs is 4. The first-order valence-corrected chi connectivity index (χ1v) is 12.5. The molecule has 6 rings (SSSR count). The van der Waals surface area contributed by atoms with Gasteiger partial charge in [0.1, 0.15) is 52.6 Å². The molecule has 3 N–H and O–H groups in total. The number of carbonyl (C=O) groups excluding carboxylic acids is 2. The van der Waals surface area contributed by atoms with Crippen LogP contribution in [-0.2, 0) is 22.3 Å². The van der Waals surface area contributed by atoms with Crippen molar-refractivity contribution in [3.63, 3.8) is 0 Å². The van der Waals surface area contributed by atoms with E-state index in [0.717, 1.165) is 12.5 Å². The number of carbonyl (C=O) groups is 2. The molecular weight excluding hydrogens is 537 g/mol. The molecule has 0 bridgehead atoms. The summed E-state index contributed by atoms with van der Waals surface area (Å²) in [4.78, 5) is 44.7. The van der Waals surface area contributed by atoms with E-state index in [2.05, 4.69) is 25.3 Å². The van der Waals surface area contributed by atoms with Gasteiger partial charge < -0.3 is 20.5 Å². The second-order valence-electron chi connectivity index (χ2n) is 10.3. The summed E-state index contributed by atoms with van der Waals surface area (Å²) in [6.07, 6.45) is -2.29. The predicted octanol–water partition coefficient (Wildman–Crippen LogP) is 3.96. The molecule has 39 heavy (non-hydrogen) atoms. The van der Waals surface area contributed by atoms with E-state index in [9.17, 15) is 22.8 Å². The van der Waals surface area contributed by atoms with Crippen LogP contribution >= 0.6 is 11.6 Å². The minimum atomic E-state index is -4.68. The standard InChI is InChI=1S/C25H22ClF3N8O2/c1-11-6-13(25(27,28)29)33-19-18-21(30)31-10-32-22(18)36(20(11)19)9-17(38)37-12(7-24(2)8-14(24)37)23(39)35-16-5-3-4-15(26)34-16/h3-6,10,12,14H,7-9H2,1-2H3,(H2,30,31,32)(H,34,35,39)/t12-,14+,24-/m0/s1. The van der Waals surface area contributed by atoms with Crippen LogP contribution in [0.3, 0.4) is 0 Å². The fourth-order valence-corrected chi connectivity index (χ4v) is 5.84. The van der Waals surface area contributed by atoms with Gasteiger partial charge in [0.25, 0.3) is 0 Å². The number of rotatable bonds is 4. The Labute approximate surface area is 224 Å². The van der Waals surface area contributed by atoms with Crippen LogP contribution in [0.5, 0.6) is 0 Å². The van der Waals surface area contributed by atoms with Crippen LogP contribution in [0.2, 0.25) is 5.15 Å². The summed E-state index contributed by atoms with van der Waals surface area (Å²) in [5.41, 5.74) is 5.44. The SMILES string of the molecule is Cc1cc(C(F)(F)F)nc2c3c(N)ncnc3n(CC(=O)N3[C@H](C(=O)Nc4cccc(Cl)n4)C[C@@]4(C)C[C@@H]34)c12. The van der Waals surface area contributed by atoms with Crippen molar-refractivity contribution < 1.29 is 22.8 Å². The number of anilines is 2. The van der Waals surface area contributed by atoms with Crippen LogP contribution in [0.15, 0.2) is 30.6 Å². The number of nitrogens with one attached hydrogen (secondary N) is 1. The minimum absolute atomic E-state index is 0.0396. The molecular formula is C25H22ClF3N8O2. The molecule has 4 aromatic heterocycles. The first kappa shape index (κ1) is 25.3. The quantitative estimate of drug-likeness (QED) is 0.362. The van der Waals surface area contributed by atoms with Gasteiger partial charge >= 0.3 is 6.18 Å². The van der Waals surface area contributed by atoms with Gasteiger partial charge in [0, 0.05) is 6.04 Å². The topological polar surface area (TPSA) is 132 Å². The second kappa shape index (κ2) is 8.50. The van der Waals surface area contributed by atoms with E-state index in [1.54, 1.807) is 23.1 Å². The van der Waals surface area contributed by atoms with E-state index < -0.39 is 23.8 Å². The molecule has 4 aromatic rings. The number of likely N-dealkylation sites (tertiary alicyclic amines) is 1. The van der Waals surface area contributed by atoms with Gasteiger partial charge in [0.2, 0.25) is 11.8 Å². The molecule has 0 radical (unpaired) electrons. The summed E-state index contributed by atoms with van der Waals surface area (Å²) in [7, 11) is 0. The lowest BCUT2D eigenvalue weighted by Crippen LogP contribution is -2.46. The Bertz CT molecular complexity index is 1690. The fourth-order valence-electron chi connectivity index (χ4n) is 5.67. The van der Waals surface area contributed by atoms with Gasteiger partial charge in [-0.1, -0.05) is 24.6 Å². The van der Waals surface area contributed by atoms with E-state index >= 15 is 0 Å². The second-order valence-corrected chi connectivity index (χ2v) is 10.7. The Kier molecular flexibility index (Phi) is 5.51. The molecule has 0 unspecified atom stereocenters. The molecule has 1 aliphatic carbocycles. The predicted molar refractivity (Wildman–Crippen MR) is 137 cm³/mol. The third-order valence-electron chi connectivity index (χ3n) is 7.58. The van der Waals surface area contributed by atoms with Crippen LogP contribution in [0.1, 0.15) is 31.0 Å². The highest BCUT2D eigenvalue weighted by Gasteiger charge is 2.64. The van der Waals surface area contributed by atoms with Crippen molar-refractivity contribution in [2.75, 3.05) is 11.1 Å². The van der Waals surface area contributed by atoms with Crippen LogP contribution in [0.25, 0.3) is 22.1 Å². The van der Waals surface area contributed by atoms with Crippen molar-refractivity contribution in [2.45, 2.75) is 51.5 Å². The molecule has 1 saturated heterocycles. The summed E-state index contributed by atoms with van der Waals surface area (Å²) in [5, 5.41) is 3.08. The largest absolute Gasteiger partial charge is 0.433 e. The molecule has 2 aliphatic rings. The summed E-state index contributed by atoms with van der Waals surface area (Å²) < 4.78 is 42.2. The Balaban J connectivity index is 1.39. The average Bonchev–Trinajstić information content (AvgIpc) is 3.25. The van der Waals surface area contributed by atoms with Crippen LogP contribution in [0, 0.1) is 12.3 Å². The lowest BCUT2D eigenvalue weighted by atomic mass is 10.0. The monoisotopic (exact) mass is 558 g/mol. The first-order valence-electron chi connectivity index (χ1n) is 12.1. The van der Waals surface area contributed by atoms with Crippen LogP contribution in [0.4, 0.5) is 24.8 Å². The molecule has 2 fully saturated rings. The number of amides is 2. The smallest absolute Gasteiger partial charge is 0.383 e. The van der Waals surface area contributed by atoms with Crippen molar-refractivity contribution >= 4 is 57.1 Å². The van der Waals surface area contributed by atoms with E-state index in [-0.39, 0.29) is 62.8 Å². The van der Waals surface area contributed by atoms with Gasteiger partial charge in [-0.3, -0.25) is 9.59 Å². The lowest BCUT2D eigenvalue weighted by Gasteiger charge is -2.27. The highest BCUT2D eigenvalue weighted by Crippen LogP contribution is 2.59. The molecule has 1 saturated carbocycles. The highest BCUT2D eigenvalue weighted by atomic mass is 35.5. The number of alkyl halides is 3. The zero-order valence-corrected chi connectivity index (χ0v) is 21.5. The van der Waals surface area contributed by atoms with Gasteiger partial charge in [0.05, 0.1) is 10.9 Å². The minimum Gasteiger partial charge on any atom is -0.383 e.